The van der Waals surface area contributed by atoms with Gasteiger partial charge < -0.3 is 5.32 Å². The van der Waals surface area contributed by atoms with Crippen LogP contribution in [0.4, 0.5) is 0 Å². The molecule has 2 rings (SSSR count). The normalized spacial score (nSPS) is 19.6. The minimum Gasteiger partial charge on any atom is -0.314 e. The van der Waals surface area contributed by atoms with Crippen LogP contribution in [0.2, 0.25) is 0 Å². The van der Waals surface area contributed by atoms with Gasteiger partial charge in [0.15, 0.2) is 0 Å². The molecule has 88 valence electrons. The SMILES string of the molecule is C=C(C)C[C@@H](c1ccsc1)N1CCNCC1. The van der Waals surface area contributed by atoms with Gasteiger partial charge in [0.2, 0.25) is 0 Å². The third-order valence-electron chi connectivity index (χ3n) is 3.06. The molecule has 0 amide bonds. The summed E-state index contributed by atoms with van der Waals surface area (Å²) in [4.78, 5) is 2.58. The van der Waals surface area contributed by atoms with Gasteiger partial charge in [0.1, 0.15) is 0 Å². The number of hydrogen-bond acceptors (Lipinski definition) is 3. The molecule has 0 saturated carbocycles. The minimum atomic E-state index is 0.533. The Bertz CT molecular complexity index is 326. The number of nitrogens with one attached hydrogen (secondary N) is 1. The van der Waals surface area contributed by atoms with Crippen LogP contribution in [0.15, 0.2) is 29.0 Å². The quantitative estimate of drug-likeness (QED) is 0.809. The Morgan fingerprint density at radius 2 is 2.31 bits per heavy atom. The fraction of sp³-hybridized carbons (Fsp3) is 0.538. The summed E-state index contributed by atoms with van der Waals surface area (Å²) < 4.78 is 0. The summed E-state index contributed by atoms with van der Waals surface area (Å²) in [7, 11) is 0. The summed E-state index contributed by atoms with van der Waals surface area (Å²) in [6.45, 7) is 10.7. The molecular formula is C13H20N2S. The Kier molecular flexibility index (Phi) is 4.16. The molecule has 0 aromatic carbocycles. The highest BCUT2D eigenvalue weighted by Gasteiger charge is 2.22. The summed E-state index contributed by atoms with van der Waals surface area (Å²) in [5.74, 6) is 0. The molecule has 2 nitrogen and oxygen atoms in total. The molecule has 1 aliphatic rings. The second-order valence-electron chi connectivity index (χ2n) is 4.52. The first-order valence-electron chi connectivity index (χ1n) is 5.88. The Morgan fingerprint density at radius 1 is 1.56 bits per heavy atom. The van der Waals surface area contributed by atoms with Gasteiger partial charge in [0, 0.05) is 32.2 Å². The molecule has 3 heteroatoms. The summed E-state index contributed by atoms with van der Waals surface area (Å²) in [6, 6.07) is 2.78. The van der Waals surface area contributed by atoms with Crippen molar-refractivity contribution in [3.8, 4) is 0 Å². The largest absolute Gasteiger partial charge is 0.314 e. The molecule has 1 N–H and O–H groups in total. The monoisotopic (exact) mass is 236 g/mol. The molecular weight excluding hydrogens is 216 g/mol. The van der Waals surface area contributed by atoms with Crippen molar-refractivity contribution in [1.29, 1.82) is 0 Å². The smallest absolute Gasteiger partial charge is 0.0394 e. The van der Waals surface area contributed by atoms with Crippen molar-refractivity contribution >= 4 is 11.3 Å². The van der Waals surface area contributed by atoms with Gasteiger partial charge in [0.25, 0.3) is 0 Å². The van der Waals surface area contributed by atoms with E-state index < -0.39 is 0 Å². The standard InChI is InChI=1S/C13H20N2S/c1-11(2)9-13(12-3-8-16-10-12)15-6-4-14-5-7-15/h3,8,10,13-14H,1,4-7,9H2,2H3/t13-/m0/s1. The molecule has 1 fully saturated rings. The molecule has 1 aromatic rings. The summed E-state index contributed by atoms with van der Waals surface area (Å²) in [5.41, 5.74) is 2.73. The Morgan fingerprint density at radius 3 is 2.88 bits per heavy atom. The van der Waals surface area contributed by atoms with Crippen molar-refractivity contribution in [2.24, 2.45) is 0 Å². The zero-order valence-electron chi connectivity index (χ0n) is 9.91. The molecule has 0 spiro atoms. The zero-order valence-corrected chi connectivity index (χ0v) is 10.7. The minimum absolute atomic E-state index is 0.533. The predicted molar refractivity (Wildman–Crippen MR) is 70.9 cm³/mol. The van der Waals surface area contributed by atoms with Gasteiger partial charge in [-0.05, 0) is 35.7 Å². The van der Waals surface area contributed by atoms with E-state index in [4.69, 9.17) is 0 Å². The molecule has 1 saturated heterocycles. The molecule has 1 atom stereocenters. The lowest BCUT2D eigenvalue weighted by molar-refractivity contribution is 0.173. The Hall–Kier alpha value is -0.640. The Balaban J connectivity index is 2.10. The second-order valence-corrected chi connectivity index (χ2v) is 5.30. The highest BCUT2D eigenvalue weighted by molar-refractivity contribution is 7.07. The summed E-state index contributed by atoms with van der Waals surface area (Å²) in [6.07, 6.45) is 1.08. The van der Waals surface area contributed by atoms with Gasteiger partial charge in [-0.2, -0.15) is 11.3 Å². The van der Waals surface area contributed by atoms with Crippen LogP contribution in [-0.4, -0.2) is 31.1 Å². The summed E-state index contributed by atoms with van der Waals surface area (Å²) in [5, 5.41) is 7.85. The summed E-state index contributed by atoms with van der Waals surface area (Å²) >= 11 is 1.79. The molecule has 16 heavy (non-hydrogen) atoms. The molecule has 0 bridgehead atoms. The molecule has 1 aromatic heterocycles. The van der Waals surface area contributed by atoms with E-state index in [0.717, 1.165) is 32.6 Å². The maximum atomic E-state index is 4.06. The predicted octanol–water partition coefficient (Wildman–Crippen LogP) is 2.66. The van der Waals surface area contributed by atoms with E-state index in [9.17, 15) is 0 Å². The van der Waals surface area contributed by atoms with Crippen molar-refractivity contribution in [2.45, 2.75) is 19.4 Å². The first-order valence-corrected chi connectivity index (χ1v) is 6.83. The fourth-order valence-electron chi connectivity index (χ4n) is 2.25. The van der Waals surface area contributed by atoms with E-state index in [2.05, 4.69) is 40.5 Å². The van der Waals surface area contributed by atoms with Crippen LogP contribution >= 0.6 is 11.3 Å². The van der Waals surface area contributed by atoms with Crippen molar-refractivity contribution in [2.75, 3.05) is 26.2 Å². The Labute approximate surface area is 102 Å². The van der Waals surface area contributed by atoms with Gasteiger partial charge in [-0.25, -0.2) is 0 Å². The van der Waals surface area contributed by atoms with Crippen LogP contribution in [0.25, 0.3) is 0 Å². The maximum absolute atomic E-state index is 4.06. The highest BCUT2D eigenvalue weighted by Crippen LogP contribution is 2.28. The van der Waals surface area contributed by atoms with Gasteiger partial charge in [-0.1, -0.05) is 5.57 Å². The first kappa shape index (κ1) is 11.8. The van der Waals surface area contributed by atoms with Crippen molar-refractivity contribution in [3.05, 3.63) is 34.5 Å². The van der Waals surface area contributed by atoms with Gasteiger partial charge in [-0.3, -0.25) is 4.90 Å². The van der Waals surface area contributed by atoms with Crippen LogP contribution in [0.3, 0.4) is 0 Å². The maximum Gasteiger partial charge on any atom is 0.0394 e. The first-order chi connectivity index (χ1) is 7.77. The lowest BCUT2D eigenvalue weighted by Crippen LogP contribution is -2.45. The van der Waals surface area contributed by atoms with Crippen molar-refractivity contribution < 1.29 is 0 Å². The van der Waals surface area contributed by atoms with Gasteiger partial charge >= 0.3 is 0 Å². The van der Waals surface area contributed by atoms with E-state index >= 15 is 0 Å². The van der Waals surface area contributed by atoms with E-state index in [-0.39, 0.29) is 0 Å². The average molecular weight is 236 g/mol. The second kappa shape index (κ2) is 5.62. The number of rotatable bonds is 4. The molecule has 2 heterocycles. The van der Waals surface area contributed by atoms with E-state index in [1.54, 1.807) is 11.3 Å². The van der Waals surface area contributed by atoms with Crippen molar-refractivity contribution in [1.82, 2.24) is 10.2 Å². The average Bonchev–Trinajstić information content (AvgIpc) is 2.80. The van der Waals surface area contributed by atoms with Crippen LogP contribution in [-0.2, 0) is 0 Å². The van der Waals surface area contributed by atoms with E-state index in [0.29, 0.717) is 6.04 Å². The van der Waals surface area contributed by atoms with Crippen LogP contribution in [0.5, 0.6) is 0 Å². The zero-order chi connectivity index (χ0) is 11.4. The molecule has 0 unspecified atom stereocenters. The molecule has 0 radical (unpaired) electrons. The number of piperazine rings is 1. The van der Waals surface area contributed by atoms with E-state index in [1.807, 2.05) is 0 Å². The molecule has 0 aliphatic carbocycles. The highest BCUT2D eigenvalue weighted by atomic mass is 32.1. The van der Waals surface area contributed by atoms with E-state index in [1.165, 1.54) is 11.1 Å². The van der Waals surface area contributed by atoms with Crippen LogP contribution in [0, 0.1) is 0 Å². The fourth-order valence-corrected chi connectivity index (χ4v) is 2.95. The lowest BCUT2D eigenvalue weighted by atomic mass is 10.0. The van der Waals surface area contributed by atoms with Gasteiger partial charge in [-0.15, -0.1) is 6.58 Å². The number of nitrogens with zero attached hydrogens (tertiary/aromatic N) is 1. The molecule has 1 aliphatic heterocycles. The number of hydrogen-bond donors (Lipinski definition) is 1. The van der Waals surface area contributed by atoms with Gasteiger partial charge in [0.05, 0.1) is 0 Å². The third kappa shape index (κ3) is 2.94. The van der Waals surface area contributed by atoms with Crippen LogP contribution < -0.4 is 5.32 Å². The topological polar surface area (TPSA) is 15.3 Å². The lowest BCUT2D eigenvalue weighted by Gasteiger charge is -2.35. The third-order valence-corrected chi connectivity index (χ3v) is 3.76. The number of thiophene rings is 1. The van der Waals surface area contributed by atoms with Crippen LogP contribution in [0.1, 0.15) is 24.9 Å². The van der Waals surface area contributed by atoms with Crippen molar-refractivity contribution in [3.63, 3.8) is 0 Å².